The second kappa shape index (κ2) is 7.11. The molecule has 120 valence electrons. The van der Waals surface area contributed by atoms with Crippen LogP contribution in [0.2, 0.25) is 5.02 Å². The molecular weight excluding hydrogens is 306 g/mol. The lowest BCUT2D eigenvalue weighted by Gasteiger charge is -2.22. The van der Waals surface area contributed by atoms with E-state index < -0.39 is 17.9 Å². The summed E-state index contributed by atoms with van der Waals surface area (Å²) in [6.45, 7) is 3.50. The Balaban J connectivity index is 2.43. The average Bonchev–Trinajstić information content (AvgIpc) is 2.86. The van der Waals surface area contributed by atoms with Crippen molar-refractivity contribution in [2.45, 2.75) is 19.3 Å². The third-order valence-electron chi connectivity index (χ3n) is 4.01. The van der Waals surface area contributed by atoms with Gasteiger partial charge in [0.1, 0.15) is 0 Å². The Morgan fingerprint density at radius 3 is 2.77 bits per heavy atom. The van der Waals surface area contributed by atoms with Crippen LogP contribution in [0.1, 0.15) is 35.2 Å². The monoisotopic (exact) mass is 325 g/mol. The van der Waals surface area contributed by atoms with Crippen LogP contribution in [0.25, 0.3) is 0 Å². The van der Waals surface area contributed by atoms with Crippen molar-refractivity contribution in [3.63, 3.8) is 0 Å². The molecule has 0 amide bonds. The van der Waals surface area contributed by atoms with Gasteiger partial charge in [-0.2, -0.15) is 0 Å². The fourth-order valence-electron chi connectivity index (χ4n) is 3.02. The molecule has 0 aromatic heterocycles. The van der Waals surface area contributed by atoms with Gasteiger partial charge in [0.05, 0.1) is 18.1 Å². The van der Waals surface area contributed by atoms with E-state index >= 15 is 0 Å². The third-order valence-corrected chi connectivity index (χ3v) is 4.25. The molecule has 1 aliphatic rings. The first-order chi connectivity index (χ1) is 10.4. The number of rotatable bonds is 5. The number of carboxylic acid groups (broad SMARTS) is 1. The molecule has 1 aromatic carbocycles. The highest BCUT2D eigenvalue weighted by Crippen LogP contribution is 2.35. The predicted molar refractivity (Wildman–Crippen MR) is 83.4 cm³/mol. The zero-order valence-corrected chi connectivity index (χ0v) is 13.5. The number of aliphatic carboxylic acids is 1. The van der Waals surface area contributed by atoms with Crippen LogP contribution < -0.4 is 0 Å². The highest BCUT2D eigenvalue weighted by molar-refractivity contribution is 6.31. The summed E-state index contributed by atoms with van der Waals surface area (Å²) in [4.78, 5) is 26.0. The van der Waals surface area contributed by atoms with E-state index in [4.69, 9.17) is 16.3 Å². The van der Waals surface area contributed by atoms with Crippen molar-refractivity contribution in [1.29, 1.82) is 0 Å². The van der Waals surface area contributed by atoms with Crippen LogP contribution in [0.15, 0.2) is 18.2 Å². The van der Waals surface area contributed by atoms with Gasteiger partial charge in [0.2, 0.25) is 0 Å². The van der Waals surface area contributed by atoms with E-state index in [0.717, 1.165) is 13.0 Å². The summed E-state index contributed by atoms with van der Waals surface area (Å²) in [5, 5.41) is 10.1. The smallest absolute Gasteiger partial charge is 0.338 e. The molecule has 1 saturated heterocycles. The van der Waals surface area contributed by atoms with Crippen molar-refractivity contribution in [2.75, 3.05) is 26.7 Å². The van der Waals surface area contributed by atoms with Crippen molar-refractivity contribution in [2.24, 2.45) is 5.92 Å². The Morgan fingerprint density at radius 2 is 2.23 bits per heavy atom. The Labute approximate surface area is 134 Å². The maximum Gasteiger partial charge on any atom is 0.338 e. The van der Waals surface area contributed by atoms with Crippen LogP contribution in [0, 0.1) is 5.92 Å². The maximum atomic E-state index is 12.1. The molecule has 0 radical (unpaired) electrons. The summed E-state index contributed by atoms with van der Waals surface area (Å²) in [7, 11) is 1.97. The molecule has 22 heavy (non-hydrogen) atoms. The highest BCUT2D eigenvalue weighted by Gasteiger charge is 2.36. The van der Waals surface area contributed by atoms with Gasteiger partial charge < -0.3 is 14.7 Å². The minimum atomic E-state index is -0.923. The minimum Gasteiger partial charge on any atom is -0.481 e. The van der Waals surface area contributed by atoms with Crippen molar-refractivity contribution >= 4 is 23.5 Å². The predicted octanol–water partition coefficient (Wildman–Crippen LogP) is 2.64. The van der Waals surface area contributed by atoms with E-state index in [-0.39, 0.29) is 18.1 Å². The minimum absolute atomic E-state index is 0.0307. The Kier molecular flexibility index (Phi) is 5.42. The number of hydrogen-bond donors (Lipinski definition) is 1. The quantitative estimate of drug-likeness (QED) is 0.843. The number of carbonyl (C=O) groups is 2. The highest BCUT2D eigenvalue weighted by atomic mass is 35.5. The molecule has 0 spiro atoms. The molecule has 1 fully saturated rings. The van der Waals surface area contributed by atoms with Gasteiger partial charge in [-0.3, -0.25) is 4.79 Å². The van der Waals surface area contributed by atoms with Crippen molar-refractivity contribution < 1.29 is 19.4 Å². The van der Waals surface area contributed by atoms with Crippen LogP contribution in [-0.4, -0.2) is 48.7 Å². The van der Waals surface area contributed by atoms with E-state index in [1.807, 2.05) is 7.05 Å². The zero-order valence-electron chi connectivity index (χ0n) is 12.7. The second-order valence-corrected chi connectivity index (χ2v) is 6.02. The van der Waals surface area contributed by atoms with Crippen LogP contribution in [0.5, 0.6) is 0 Å². The summed E-state index contributed by atoms with van der Waals surface area (Å²) in [5.41, 5.74) is 0.729. The Morgan fingerprint density at radius 1 is 1.50 bits per heavy atom. The zero-order chi connectivity index (χ0) is 16.3. The molecule has 1 aliphatic heterocycles. The molecule has 6 heteroatoms. The first-order valence-corrected chi connectivity index (χ1v) is 7.69. The largest absolute Gasteiger partial charge is 0.481 e. The fraction of sp³-hybridized carbons (Fsp3) is 0.500. The van der Waals surface area contributed by atoms with Gasteiger partial charge in [-0.15, -0.1) is 0 Å². The maximum absolute atomic E-state index is 12.1. The first kappa shape index (κ1) is 16.8. The van der Waals surface area contributed by atoms with Crippen molar-refractivity contribution in [1.82, 2.24) is 4.90 Å². The van der Waals surface area contributed by atoms with Gasteiger partial charge in [0.25, 0.3) is 0 Å². The molecule has 0 saturated carbocycles. The number of hydrogen-bond acceptors (Lipinski definition) is 4. The molecule has 1 heterocycles. The van der Waals surface area contributed by atoms with Gasteiger partial charge in [0, 0.05) is 11.6 Å². The lowest BCUT2D eigenvalue weighted by atomic mass is 9.83. The van der Waals surface area contributed by atoms with Crippen LogP contribution >= 0.6 is 11.6 Å². The summed E-state index contributed by atoms with van der Waals surface area (Å²) >= 11 is 5.96. The molecule has 2 rings (SSSR count). The number of esters is 1. The lowest BCUT2D eigenvalue weighted by molar-refractivity contribution is -0.140. The van der Waals surface area contributed by atoms with Gasteiger partial charge in [-0.05, 0) is 50.6 Å². The number of likely N-dealkylation sites (tertiary alicyclic amines) is 1. The average molecular weight is 326 g/mol. The van der Waals surface area contributed by atoms with E-state index in [1.165, 1.54) is 6.07 Å². The van der Waals surface area contributed by atoms with E-state index in [1.54, 1.807) is 19.1 Å². The molecule has 2 atom stereocenters. The van der Waals surface area contributed by atoms with Gasteiger partial charge >= 0.3 is 11.9 Å². The van der Waals surface area contributed by atoms with Crippen LogP contribution in [0.4, 0.5) is 0 Å². The van der Waals surface area contributed by atoms with Gasteiger partial charge in [-0.25, -0.2) is 4.79 Å². The lowest BCUT2D eigenvalue weighted by Crippen LogP contribution is -2.26. The molecule has 0 aliphatic carbocycles. The van der Waals surface area contributed by atoms with E-state index in [9.17, 15) is 14.7 Å². The number of nitrogens with zero attached hydrogens (tertiary/aromatic N) is 1. The number of carboxylic acids is 1. The van der Waals surface area contributed by atoms with Crippen molar-refractivity contribution in [3.05, 3.63) is 34.3 Å². The Hall–Kier alpha value is -1.59. The summed E-state index contributed by atoms with van der Waals surface area (Å²) in [6, 6.07) is 4.74. The number of benzene rings is 1. The summed E-state index contributed by atoms with van der Waals surface area (Å²) in [6.07, 6.45) is 0.790. The van der Waals surface area contributed by atoms with E-state index in [0.29, 0.717) is 17.1 Å². The third kappa shape index (κ3) is 3.59. The molecule has 0 bridgehead atoms. The molecule has 2 unspecified atom stereocenters. The fourth-order valence-corrected chi connectivity index (χ4v) is 3.19. The second-order valence-electron chi connectivity index (χ2n) is 5.58. The molecule has 1 N–H and O–H groups in total. The molecule has 5 nitrogen and oxygen atoms in total. The number of ether oxygens (including phenoxy) is 1. The topological polar surface area (TPSA) is 66.8 Å². The molecule has 1 aromatic rings. The van der Waals surface area contributed by atoms with Crippen LogP contribution in [0.3, 0.4) is 0 Å². The SMILES string of the molecule is CCOC(=O)c1cc(Cl)ccc1C(C(=O)O)C1CCN(C)C1. The Bertz CT molecular complexity index is 575. The van der Waals surface area contributed by atoms with E-state index in [2.05, 4.69) is 4.90 Å². The van der Waals surface area contributed by atoms with Crippen LogP contribution in [-0.2, 0) is 9.53 Å². The van der Waals surface area contributed by atoms with Crippen molar-refractivity contribution in [3.8, 4) is 0 Å². The number of halogens is 1. The normalized spacial score (nSPS) is 19.9. The van der Waals surface area contributed by atoms with Gasteiger partial charge in [-0.1, -0.05) is 17.7 Å². The standard InChI is InChI=1S/C16H20ClNO4/c1-3-22-16(21)13-8-11(17)4-5-12(13)14(15(19)20)10-6-7-18(2)9-10/h4-5,8,10,14H,3,6-7,9H2,1-2H3,(H,19,20). The first-order valence-electron chi connectivity index (χ1n) is 7.32. The number of carbonyl (C=O) groups excluding carboxylic acids is 1. The summed E-state index contributed by atoms with van der Waals surface area (Å²) in [5.74, 6) is -2.22. The molecular formula is C16H20ClNO4. The summed E-state index contributed by atoms with van der Waals surface area (Å²) < 4.78 is 5.04. The van der Waals surface area contributed by atoms with Gasteiger partial charge in [0.15, 0.2) is 0 Å².